The summed E-state index contributed by atoms with van der Waals surface area (Å²) in [4.78, 5) is 4.43. The first-order valence-electron chi connectivity index (χ1n) is 6.05. The largest absolute Gasteiger partial charge is 0.469 e. The Labute approximate surface area is 102 Å². The molecule has 0 fully saturated rings. The van der Waals surface area contributed by atoms with Gasteiger partial charge in [0.25, 0.3) is 0 Å². The van der Waals surface area contributed by atoms with Gasteiger partial charge in [0.1, 0.15) is 11.6 Å². The smallest absolute Gasteiger partial charge is 0.125 e. The van der Waals surface area contributed by atoms with Crippen molar-refractivity contribution < 1.29 is 4.42 Å². The summed E-state index contributed by atoms with van der Waals surface area (Å²) in [5.74, 6) is 2.13. The average molecular weight is 233 g/mol. The quantitative estimate of drug-likeness (QED) is 0.833. The van der Waals surface area contributed by atoms with Crippen molar-refractivity contribution in [1.29, 1.82) is 0 Å². The van der Waals surface area contributed by atoms with E-state index < -0.39 is 0 Å². The molecule has 0 saturated carbocycles. The summed E-state index contributed by atoms with van der Waals surface area (Å²) in [7, 11) is 1.97. The lowest BCUT2D eigenvalue weighted by Crippen LogP contribution is -2.21. The average Bonchev–Trinajstić information content (AvgIpc) is 3.00. The van der Waals surface area contributed by atoms with Crippen LogP contribution in [0.15, 0.2) is 35.2 Å². The van der Waals surface area contributed by atoms with Crippen molar-refractivity contribution in [1.82, 2.24) is 14.9 Å². The van der Waals surface area contributed by atoms with Gasteiger partial charge >= 0.3 is 0 Å². The molecule has 4 nitrogen and oxygen atoms in total. The van der Waals surface area contributed by atoms with E-state index in [1.165, 1.54) is 0 Å². The van der Waals surface area contributed by atoms with Crippen LogP contribution in [-0.2, 0) is 13.0 Å². The molecule has 0 bridgehead atoms. The van der Waals surface area contributed by atoms with Crippen molar-refractivity contribution in [3.05, 3.63) is 42.4 Å². The van der Waals surface area contributed by atoms with Crippen molar-refractivity contribution in [3.8, 4) is 0 Å². The highest BCUT2D eigenvalue weighted by Crippen LogP contribution is 2.17. The fraction of sp³-hybridized carbons (Fsp3) is 0.462. The van der Waals surface area contributed by atoms with Crippen LogP contribution in [0.1, 0.15) is 31.0 Å². The van der Waals surface area contributed by atoms with E-state index >= 15 is 0 Å². The molecule has 0 spiro atoms. The molecule has 0 aliphatic rings. The van der Waals surface area contributed by atoms with E-state index in [2.05, 4.69) is 21.8 Å². The van der Waals surface area contributed by atoms with Gasteiger partial charge in [-0.3, -0.25) is 0 Å². The van der Waals surface area contributed by atoms with E-state index in [1.807, 2.05) is 31.6 Å². The number of nitrogens with zero attached hydrogens (tertiary/aromatic N) is 2. The van der Waals surface area contributed by atoms with Gasteiger partial charge in [0, 0.05) is 25.4 Å². The Morgan fingerprint density at radius 3 is 3.06 bits per heavy atom. The molecule has 17 heavy (non-hydrogen) atoms. The zero-order valence-electron chi connectivity index (χ0n) is 10.4. The number of imidazole rings is 1. The Morgan fingerprint density at radius 1 is 1.53 bits per heavy atom. The van der Waals surface area contributed by atoms with Gasteiger partial charge in [-0.15, -0.1) is 0 Å². The molecule has 1 unspecified atom stereocenters. The minimum Gasteiger partial charge on any atom is -0.469 e. The van der Waals surface area contributed by atoms with Gasteiger partial charge in [-0.2, -0.15) is 0 Å². The summed E-state index contributed by atoms with van der Waals surface area (Å²) in [6, 6.07) is 4.21. The van der Waals surface area contributed by atoms with E-state index in [4.69, 9.17) is 4.42 Å². The molecule has 2 aromatic rings. The van der Waals surface area contributed by atoms with Crippen LogP contribution >= 0.6 is 0 Å². The third kappa shape index (κ3) is 2.77. The Bertz CT molecular complexity index is 433. The Hall–Kier alpha value is -1.55. The molecular weight excluding hydrogens is 214 g/mol. The number of aryl methyl sites for hydroxylation is 2. The van der Waals surface area contributed by atoms with E-state index in [-0.39, 0.29) is 6.04 Å². The molecule has 0 aromatic carbocycles. The summed E-state index contributed by atoms with van der Waals surface area (Å²) in [5, 5.41) is 3.32. The lowest BCUT2D eigenvalue weighted by molar-refractivity contribution is 0.450. The highest BCUT2D eigenvalue weighted by Gasteiger charge is 2.14. The van der Waals surface area contributed by atoms with Gasteiger partial charge in [-0.1, -0.05) is 0 Å². The van der Waals surface area contributed by atoms with Gasteiger partial charge in [-0.25, -0.2) is 4.98 Å². The third-order valence-corrected chi connectivity index (χ3v) is 3.01. The molecule has 0 aliphatic heterocycles. The number of furan rings is 1. The number of aromatic nitrogens is 2. The van der Waals surface area contributed by atoms with Crippen LogP contribution in [0.4, 0.5) is 0 Å². The Morgan fingerprint density at radius 2 is 2.41 bits per heavy atom. The van der Waals surface area contributed by atoms with Crippen LogP contribution in [0, 0.1) is 0 Å². The first-order valence-corrected chi connectivity index (χ1v) is 6.05. The van der Waals surface area contributed by atoms with Crippen molar-refractivity contribution in [2.45, 2.75) is 32.4 Å². The molecule has 2 rings (SSSR count). The first-order chi connectivity index (χ1) is 8.35. The highest BCUT2D eigenvalue weighted by molar-refractivity contribution is 5.03. The van der Waals surface area contributed by atoms with Gasteiger partial charge in [0.2, 0.25) is 0 Å². The zero-order valence-corrected chi connectivity index (χ0v) is 10.4. The van der Waals surface area contributed by atoms with Crippen LogP contribution in [0.3, 0.4) is 0 Å². The Kier molecular flexibility index (Phi) is 3.98. The van der Waals surface area contributed by atoms with Crippen LogP contribution in [-0.4, -0.2) is 16.6 Å². The van der Waals surface area contributed by atoms with Crippen molar-refractivity contribution >= 4 is 0 Å². The van der Waals surface area contributed by atoms with Crippen LogP contribution < -0.4 is 5.32 Å². The molecule has 2 heterocycles. The normalized spacial score (nSPS) is 12.8. The number of hydrogen-bond donors (Lipinski definition) is 1. The summed E-state index contributed by atoms with van der Waals surface area (Å²) < 4.78 is 7.52. The summed E-state index contributed by atoms with van der Waals surface area (Å²) in [6.45, 7) is 3.08. The molecule has 1 N–H and O–H groups in total. The molecule has 4 heteroatoms. The van der Waals surface area contributed by atoms with Crippen molar-refractivity contribution in [3.63, 3.8) is 0 Å². The standard InChI is InChI=1S/C13H19N3O/c1-3-16-9-8-15-13(16)12(14-2)7-6-11-5-4-10-17-11/h4-5,8-10,12,14H,3,6-7H2,1-2H3. The topological polar surface area (TPSA) is 43.0 Å². The predicted octanol–water partition coefficient (Wildman–Crippen LogP) is 2.39. The second-order valence-corrected chi connectivity index (χ2v) is 4.03. The lowest BCUT2D eigenvalue weighted by Gasteiger charge is -2.16. The van der Waals surface area contributed by atoms with Gasteiger partial charge in [-0.05, 0) is 32.5 Å². The number of hydrogen-bond acceptors (Lipinski definition) is 3. The minimum atomic E-state index is 0.273. The molecule has 1 atom stereocenters. The number of nitrogens with one attached hydrogen (secondary N) is 1. The van der Waals surface area contributed by atoms with E-state index in [0.717, 1.165) is 31.0 Å². The van der Waals surface area contributed by atoms with Gasteiger partial charge < -0.3 is 14.3 Å². The molecular formula is C13H19N3O. The molecule has 92 valence electrons. The molecule has 0 amide bonds. The van der Waals surface area contributed by atoms with Crippen molar-refractivity contribution in [2.75, 3.05) is 7.05 Å². The van der Waals surface area contributed by atoms with Crippen LogP contribution in [0.5, 0.6) is 0 Å². The minimum absolute atomic E-state index is 0.273. The third-order valence-electron chi connectivity index (χ3n) is 3.01. The molecule has 2 aromatic heterocycles. The lowest BCUT2D eigenvalue weighted by atomic mass is 10.1. The SMILES string of the molecule is CCn1ccnc1C(CCc1ccco1)NC. The first kappa shape index (κ1) is 11.9. The second kappa shape index (κ2) is 5.68. The molecule has 0 saturated heterocycles. The molecule has 0 radical (unpaired) electrons. The Balaban J connectivity index is 2.01. The maximum atomic E-state index is 5.35. The van der Waals surface area contributed by atoms with Crippen molar-refractivity contribution in [2.24, 2.45) is 0 Å². The highest BCUT2D eigenvalue weighted by atomic mass is 16.3. The number of rotatable bonds is 6. The van der Waals surface area contributed by atoms with Crippen LogP contribution in [0.25, 0.3) is 0 Å². The van der Waals surface area contributed by atoms with Gasteiger partial charge in [0.05, 0.1) is 12.3 Å². The fourth-order valence-electron chi connectivity index (χ4n) is 2.04. The second-order valence-electron chi connectivity index (χ2n) is 4.03. The fourth-order valence-corrected chi connectivity index (χ4v) is 2.04. The summed E-state index contributed by atoms with van der Waals surface area (Å²) >= 11 is 0. The zero-order chi connectivity index (χ0) is 12.1. The van der Waals surface area contributed by atoms with Crippen LogP contribution in [0.2, 0.25) is 0 Å². The van der Waals surface area contributed by atoms with E-state index in [1.54, 1.807) is 6.26 Å². The maximum Gasteiger partial charge on any atom is 0.125 e. The summed E-state index contributed by atoms with van der Waals surface area (Å²) in [6.07, 6.45) is 7.51. The monoisotopic (exact) mass is 233 g/mol. The van der Waals surface area contributed by atoms with E-state index in [9.17, 15) is 0 Å². The predicted molar refractivity (Wildman–Crippen MR) is 66.7 cm³/mol. The summed E-state index contributed by atoms with van der Waals surface area (Å²) in [5.41, 5.74) is 0. The van der Waals surface area contributed by atoms with Gasteiger partial charge in [0.15, 0.2) is 0 Å². The van der Waals surface area contributed by atoms with E-state index in [0.29, 0.717) is 0 Å². The maximum absolute atomic E-state index is 5.35. The molecule has 0 aliphatic carbocycles.